The van der Waals surface area contributed by atoms with Crippen molar-refractivity contribution in [1.29, 1.82) is 0 Å². The maximum Gasteiger partial charge on any atom is 0.411 e. The van der Waals surface area contributed by atoms with Crippen LogP contribution >= 0.6 is 11.6 Å². The zero-order valence-electron chi connectivity index (χ0n) is 12.0. The van der Waals surface area contributed by atoms with Crippen LogP contribution in [0.4, 0.5) is 20.6 Å². The van der Waals surface area contributed by atoms with E-state index in [0.717, 1.165) is 11.3 Å². The number of benzene rings is 2. The zero-order chi connectivity index (χ0) is 15.9. The number of hydrogen-bond acceptors (Lipinski definition) is 3. The number of rotatable bonds is 5. The zero-order valence-corrected chi connectivity index (χ0v) is 12.8. The van der Waals surface area contributed by atoms with E-state index in [2.05, 4.69) is 10.6 Å². The smallest absolute Gasteiger partial charge is 0.411 e. The molecule has 6 heteroatoms. The minimum atomic E-state index is -0.545. The van der Waals surface area contributed by atoms with Crippen LogP contribution in [0.15, 0.2) is 42.5 Å². The van der Waals surface area contributed by atoms with E-state index in [1.807, 2.05) is 0 Å². The number of carbonyl (C=O) groups is 1. The monoisotopic (exact) mass is 322 g/mol. The molecule has 0 aliphatic rings. The lowest BCUT2D eigenvalue weighted by Crippen LogP contribution is -2.13. The molecule has 0 aliphatic heterocycles. The average molecular weight is 323 g/mol. The van der Waals surface area contributed by atoms with E-state index < -0.39 is 6.09 Å². The summed E-state index contributed by atoms with van der Waals surface area (Å²) in [5.74, 6) is -0.263. The lowest BCUT2D eigenvalue weighted by atomic mass is 10.2. The topological polar surface area (TPSA) is 50.4 Å². The first-order chi connectivity index (χ1) is 10.6. The molecule has 0 aliphatic carbocycles. The van der Waals surface area contributed by atoms with Gasteiger partial charge in [-0.3, -0.25) is 5.32 Å². The number of carbonyl (C=O) groups excluding carboxylic acids is 1. The van der Waals surface area contributed by atoms with Crippen molar-refractivity contribution in [1.82, 2.24) is 0 Å². The van der Waals surface area contributed by atoms with Crippen LogP contribution in [-0.2, 0) is 11.3 Å². The Bertz CT molecular complexity index is 647. The van der Waals surface area contributed by atoms with Crippen LogP contribution in [0.2, 0.25) is 5.02 Å². The van der Waals surface area contributed by atoms with Gasteiger partial charge in [-0.2, -0.15) is 0 Å². The fourth-order valence-corrected chi connectivity index (χ4v) is 2.04. The van der Waals surface area contributed by atoms with E-state index in [1.165, 1.54) is 12.1 Å². The second-order valence-corrected chi connectivity index (χ2v) is 4.93. The molecular weight excluding hydrogens is 307 g/mol. The number of hydrogen-bond donors (Lipinski definition) is 2. The van der Waals surface area contributed by atoms with Crippen LogP contribution in [0.3, 0.4) is 0 Å². The van der Waals surface area contributed by atoms with E-state index >= 15 is 0 Å². The summed E-state index contributed by atoms with van der Waals surface area (Å²) in [5.41, 5.74) is 2.22. The summed E-state index contributed by atoms with van der Waals surface area (Å²) in [5, 5.41) is 6.13. The summed E-state index contributed by atoms with van der Waals surface area (Å²) < 4.78 is 17.6. The summed E-state index contributed by atoms with van der Waals surface area (Å²) in [4.78, 5) is 11.3. The van der Waals surface area contributed by atoms with Crippen LogP contribution in [0.1, 0.15) is 12.5 Å². The molecule has 0 radical (unpaired) electrons. The molecule has 2 aromatic rings. The number of nitrogens with one attached hydrogen (secondary N) is 2. The number of amides is 1. The molecule has 4 nitrogen and oxygen atoms in total. The Kier molecular flexibility index (Phi) is 5.61. The van der Waals surface area contributed by atoms with Gasteiger partial charge in [-0.15, -0.1) is 0 Å². The minimum absolute atomic E-state index is 0.263. The van der Waals surface area contributed by atoms with Gasteiger partial charge in [-0.1, -0.05) is 23.7 Å². The molecule has 0 fully saturated rings. The molecule has 0 spiro atoms. The second kappa shape index (κ2) is 7.66. The lowest BCUT2D eigenvalue weighted by Gasteiger charge is -2.10. The summed E-state index contributed by atoms with van der Waals surface area (Å²) in [7, 11) is 0. The molecule has 0 saturated heterocycles. The lowest BCUT2D eigenvalue weighted by molar-refractivity contribution is 0.168. The normalized spacial score (nSPS) is 10.1. The van der Waals surface area contributed by atoms with E-state index in [4.69, 9.17) is 16.3 Å². The van der Waals surface area contributed by atoms with Crippen LogP contribution in [-0.4, -0.2) is 12.7 Å². The van der Waals surface area contributed by atoms with E-state index in [1.54, 1.807) is 37.3 Å². The second-order valence-electron chi connectivity index (χ2n) is 4.52. The van der Waals surface area contributed by atoms with Crippen LogP contribution in [0.25, 0.3) is 0 Å². The van der Waals surface area contributed by atoms with Crippen molar-refractivity contribution in [3.63, 3.8) is 0 Å². The third-order valence-electron chi connectivity index (χ3n) is 2.89. The average Bonchev–Trinajstić information content (AvgIpc) is 2.49. The van der Waals surface area contributed by atoms with Crippen molar-refractivity contribution in [3.05, 3.63) is 58.9 Å². The maximum absolute atomic E-state index is 12.8. The van der Waals surface area contributed by atoms with Gasteiger partial charge in [0.15, 0.2) is 0 Å². The van der Waals surface area contributed by atoms with E-state index in [-0.39, 0.29) is 5.82 Å². The van der Waals surface area contributed by atoms with E-state index in [0.29, 0.717) is 23.9 Å². The SMILES string of the molecule is CCOC(=O)Nc1ccc(NCc2ccc(F)cc2)cc1Cl. The molecule has 1 amide bonds. The van der Waals surface area contributed by atoms with Gasteiger partial charge in [-0.25, -0.2) is 9.18 Å². The van der Waals surface area contributed by atoms with Crippen molar-refractivity contribution in [3.8, 4) is 0 Å². The fraction of sp³-hybridized carbons (Fsp3) is 0.188. The standard InChI is InChI=1S/C16H16ClFN2O2/c1-2-22-16(21)20-15-8-7-13(9-14(15)17)19-10-11-3-5-12(18)6-4-11/h3-9,19H,2,10H2,1H3,(H,20,21). The van der Waals surface area contributed by atoms with Gasteiger partial charge >= 0.3 is 6.09 Å². The Hall–Kier alpha value is -2.27. The van der Waals surface area contributed by atoms with Gasteiger partial charge in [-0.05, 0) is 42.8 Å². The molecule has 0 atom stereocenters. The number of ether oxygens (including phenoxy) is 1. The van der Waals surface area contributed by atoms with Crippen LogP contribution in [0.5, 0.6) is 0 Å². The Balaban J connectivity index is 1.97. The molecule has 0 heterocycles. The van der Waals surface area contributed by atoms with Crippen molar-refractivity contribution in [2.24, 2.45) is 0 Å². The third-order valence-corrected chi connectivity index (χ3v) is 3.20. The van der Waals surface area contributed by atoms with Crippen molar-refractivity contribution in [2.75, 3.05) is 17.2 Å². The Morgan fingerprint density at radius 3 is 2.59 bits per heavy atom. The highest BCUT2D eigenvalue weighted by Gasteiger charge is 2.07. The van der Waals surface area contributed by atoms with Gasteiger partial charge < -0.3 is 10.1 Å². The van der Waals surface area contributed by atoms with Gasteiger partial charge in [0.2, 0.25) is 0 Å². The van der Waals surface area contributed by atoms with Crippen molar-refractivity contribution in [2.45, 2.75) is 13.5 Å². The third kappa shape index (κ3) is 4.63. The molecule has 2 rings (SSSR count). The highest BCUT2D eigenvalue weighted by atomic mass is 35.5. The Morgan fingerprint density at radius 1 is 1.23 bits per heavy atom. The molecule has 0 aromatic heterocycles. The number of anilines is 2. The van der Waals surface area contributed by atoms with Gasteiger partial charge in [0.25, 0.3) is 0 Å². The minimum Gasteiger partial charge on any atom is -0.450 e. The first-order valence-electron chi connectivity index (χ1n) is 6.80. The summed E-state index contributed by atoms with van der Waals surface area (Å²) in [6.45, 7) is 2.56. The molecule has 116 valence electrons. The molecule has 2 aromatic carbocycles. The van der Waals surface area contributed by atoms with Crippen molar-refractivity contribution >= 4 is 29.1 Å². The summed E-state index contributed by atoms with van der Waals surface area (Å²) in [6, 6.07) is 11.4. The van der Waals surface area contributed by atoms with Crippen LogP contribution in [0, 0.1) is 5.82 Å². The molecular formula is C16H16ClFN2O2. The molecule has 2 N–H and O–H groups in total. The Labute approximate surface area is 133 Å². The number of halogens is 2. The van der Waals surface area contributed by atoms with Gasteiger partial charge in [0, 0.05) is 12.2 Å². The molecule has 0 bridgehead atoms. The quantitative estimate of drug-likeness (QED) is 0.841. The van der Waals surface area contributed by atoms with Gasteiger partial charge in [0.05, 0.1) is 17.3 Å². The van der Waals surface area contributed by atoms with Gasteiger partial charge in [0.1, 0.15) is 5.82 Å². The van der Waals surface area contributed by atoms with Crippen LogP contribution < -0.4 is 10.6 Å². The summed E-state index contributed by atoms with van der Waals surface area (Å²) >= 11 is 6.12. The first kappa shape index (κ1) is 16.1. The van der Waals surface area contributed by atoms with E-state index in [9.17, 15) is 9.18 Å². The summed E-state index contributed by atoms with van der Waals surface area (Å²) in [6.07, 6.45) is -0.545. The first-order valence-corrected chi connectivity index (χ1v) is 7.18. The highest BCUT2D eigenvalue weighted by Crippen LogP contribution is 2.26. The highest BCUT2D eigenvalue weighted by molar-refractivity contribution is 6.33. The molecule has 0 saturated carbocycles. The van der Waals surface area contributed by atoms with Crippen molar-refractivity contribution < 1.29 is 13.9 Å². The maximum atomic E-state index is 12.8. The molecule has 0 unspecified atom stereocenters. The largest absolute Gasteiger partial charge is 0.450 e. The molecule has 22 heavy (non-hydrogen) atoms. The fourth-order valence-electron chi connectivity index (χ4n) is 1.81. The predicted octanol–water partition coefficient (Wildman–Crippen LogP) is 4.66. The Morgan fingerprint density at radius 2 is 1.95 bits per heavy atom. The predicted molar refractivity (Wildman–Crippen MR) is 85.8 cm³/mol.